The molecule has 1 aromatic heterocycles. The second-order valence-corrected chi connectivity index (χ2v) is 3.17. The third kappa shape index (κ3) is 2.23. The van der Waals surface area contributed by atoms with Crippen LogP contribution in [-0.2, 0) is 13.6 Å². The Hall–Kier alpha value is -1.09. The monoisotopic (exact) mass is 214 g/mol. The molecular formula is C10H15ClN2O. The highest BCUT2D eigenvalue weighted by molar-refractivity contribution is 5.02. The maximum atomic E-state index is 11.7. The summed E-state index contributed by atoms with van der Waals surface area (Å²) in [6, 6.07) is 1.99. The summed E-state index contributed by atoms with van der Waals surface area (Å²) in [4.78, 5) is 11.7. The van der Waals surface area contributed by atoms with E-state index >= 15 is 0 Å². The minimum Gasteiger partial charge on any atom is -1.00 e. The molecule has 1 rings (SSSR count). The summed E-state index contributed by atoms with van der Waals surface area (Å²) in [6.45, 7) is 8.04. The quantitative estimate of drug-likeness (QED) is 0.394. The van der Waals surface area contributed by atoms with Gasteiger partial charge in [0.2, 0.25) is 0 Å². The highest BCUT2D eigenvalue weighted by Gasteiger charge is 2.11. The number of hydrogen-bond acceptors (Lipinski definition) is 1. The Morgan fingerprint density at radius 3 is 2.64 bits per heavy atom. The van der Waals surface area contributed by atoms with E-state index in [9.17, 15) is 4.79 Å². The molecular weight excluding hydrogens is 200 g/mol. The molecule has 0 bridgehead atoms. The zero-order valence-electron chi connectivity index (χ0n) is 8.75. The molecule has 0 unspecified atom stereocenters. The Morgan fingerprint density at radius 1 is 1.57 bits per heavy atom. The van der Waals surface area contributed by atoms with Crippen LogP contribution in [-0.4, -0.2) is 4.57 Å². The van der Waals surface area contributed by atoms with Crippen molar-refractivity contribution in [1.29, 1.82) is 0 Å². The Morgan fingerprint density at radius 2 is 2.14 bits per heavy atom. The lowest BCUT2D eigenvalue weighted by Gasteiger charge is -2.03. The van der Waals surface area contributed by atoms with Crippen LogP contribution in [0.4, 0.5) is 0 Å². The molecule has 0 aliphatic heterocycles. The summed E-state index contributed by atoms with van der Waals surface area (Å²) in [6.07, 6.45) is 1.73. The Bertz CT molecular complexity index is 396. The standard InChI is InChI=1S/C10H15N2O.ClH/c1-5-6-12-9(3)7-8(2)11(4)10(12)13;/h5,7H,1,6H2,2-4H3;1H/q+1;/p-1. The van der Waals surface area contributed by atoms with Crippen LogP contribution >= 0.6 is 0 Å². The second kappa shape index (κ2) is 4.96. The van der Waals surface area contributed by atoms with E-state index < -0.39 is 0 Å². The molecule has 0 atom stereocenters. The van der Waals surface area contributed by atoms with Crippen LogP contribution in [0.3, 0.4) is 0 Å². The van der Waals surface area contributed by atoms with Crippen molar-refractivity contribution in [3.8, 4) is 0 Å². The summed E-state index contributed by atoms with van der Waals surface area (Å²) in [5.41, 5.74) is 1.96. The molecule has 0 aliphatic carbocycles. The molecule has 0 saturated carbocycles. The first-order chi connectivity index (χ1) is 6.07. The van der Waals surface area contributed by atoms with Gasteiger partial charge in [-0.3, -0.25) is 0 Å². The van der Waals surface area contributed by atoms with Crippen molar-refractivity contribution >= 4 is 0 Å². The molecule has 0 radical (unpaired) electrons. The van der Waals surface area contributed by atoms with Gasteiger partial charge < -0.3 is 12.4 Å². The number of allylic oxidation sites excluding steroid dienone is 1. The summed E-state index contributed by atoms with van der Waals surface area (Å²) in [5.74, 6) is 0. The number of aromatic nitrogens is 2. The van der Waals surface area contributed by atoms with Crippen LogP contribution in [0.25, 0.3) is 0 Å². The molecule has 0 N–H and O–H groups in total. The highest BCUT2D eigenvalue weighted by Crippen LogP contribution is 1.94. The third-order valence-electron chi connectivity index (χ3n) is 2.20. The Balaban J connectivity index is 0.00000169. The zero-order chi connectivity index (χ0) is 10.0. The summed E-state index contributed by atoms with van der Waals surface area (Å²) in [5, 5.41) is 0. The normalized spacial score (nSPS) is 9.36. The highest BCUT2D eigenvalue weighted by atomic mass is 35.5. The zero-order valence-corrected chi connectivity index (χ0v) is 9.51. The molecule has 1 heterocycles. The van der Waals surface area contributed by atoms with Gasteiger partial charge in [0.25, 0.3) is 0 Å². The van der Waals surface area contributed by atoms with E-state index in [1.54, 1.807) is 22.3 Å². The first-order valence-electron chi connectivity index (χ1n) is 4.26. The molecule has 0 aromatic carbocycles. The summed E-state index contributed by atoms with van der Waals surface area (Å²) < 4.78 is 3.33. The molecule has 78 valence electrons. The molecule has 4 heteroatoms. The van der Waals surface area contributed by atoms with Gasteiger partial charge in [-0.25, -0.2) is 0 Å². The minimum absolute atomic E-state index is 0. The predicted octanol–water partition coefficient (Wildman–Crippen LogP) is -2.52. The average molecular weight is 215 g/mol. The minimum atomic E-state index is 0. The number of halogens is 1. The van der Waals surface area contributed by atoms with Gasteiger partial charge in [-0.15, -0.1) is 0 Å². The lowest BCUT2D eigenvalue weighted by molar-refractivity contribution is -0.697. The number of hydrogen-bond donors (Lipinski definition) is 0. The first kappa shape index (κ1) is 12.9. The van der Waals surface area contributed by atoms with Gasteiger partial charge in [-0.1, -0.05) is 12.7 Å². The van der Waals surface area contributed by atoms with Crippen LogP contribution < -0.4 is 22.7 Å². The van der Waals surface area contributed by atoms with Crippen molar-refractivity contribution in [1.82, 2.24) is 4.57 Å². The van der Waals surface area contributed by atoms with Crippen molar-refractivity contribution in [2.24, 2.45) is 7.05 Å². The average Bonchev–Trinajstić information content (AvgIpc) is 2.09. The molecule has 0 saturated heterocycles. The molecule has 1 aromatic rings. The fraction of sp³-hybridized carbons (Fsp3) is 0.400. The van der Waals surface area contributed by atoms with Crippen molar-refractivity contribution in [3.05, 3.63) is 40.6 Å². The van der Waals surface area contributed by atoms with Gasteiger partial charge >= 0.3 is 5.69 Å². The van der Waals surface area contributed by atoms with Crippen molar-refractivity contribution in [2.75, 3.05) is 0 Å². The second-order valence-electron chi connectivity index (χ2n) is 3.17. The Labute approximate surface area is 90.1 Å². The van der Waals surface area contributed by atoms with Crippen molar-refractivity contribution in [3.63, 3.8) is 0 Å². The molecule has 3 nitrogen and oxygen atoms in total. The van der Waals surface area contributed by atoms with Crippen LogP contribution in [0.1, 0.15) is 11.4 Å². The fourth-order valence-corrected chi connectivity index (χ4v) is 1.31. The fourth-order valence-electron chi connectivity index (χ4n) is 1.31. The molecule has 0 aliphatic rings. The maximum absolute atomic E-state index is 11.7. The molecule has 0 spiro atoms. The number of aryl methyl sites for hydroxylation is 2. The molecule has 0 amide bonds. The molecule has 0 fully saturated rings. The van der Waals surface area contributed by atoms with E-state index in [0.29, 0.717) is 6.54 Å². The lowest BCUT2D eigenvalue weighted by atomic mass is 10.3. The largest absolute Gasteiger partial charge is 1.00 e. The van der Waals surface area contributed by atoms with Crippen LogP contribution in [0, 0.1) is 13.8 Å². The van der Waals surface area contributed by atoms with Gasteiger partial charge in [-0.05, 0) is 13.8 Å². The van der Waals surface area contributed by atoms with E-state index in [0.717, 1.165) is 11.4 Å². The third-order valence-corrected chi connectivity index (χ3v) is 2.20. The Kier molecular flexibility index (Phi) is 4.57. The van der Waals surface area contributed by atoms with Gasteiger partial charge in [0.1, 0.15) is 17.9 Å². The van der Waals surface area contributed by atoms with Gasteiger partial charge in [0.15, 0.2) is 0 Å². The number of nitrogens with zero attached hydrogens (tertiary/aromatic N) is 2. The van der Waals surface area contributed by atoms with Crippen LogP contribution in [0.5, 0.6) is 0 Å². The lowest BCUT2D eigenvalue weighted by Crippen LogP contribution is -3.00. The van der Waals surface area contributed by atoms with Crippen molar-refractivity contribution in [2.45, 2.75) is 20.4 Å². The smallest absolute Gasteiger partial charge is 0.498 e. The van der Waals surface area contributed by atoms with Gasteiger partial charge in [-0.2, -0.15) is 13.9 Å². The summed E-state index contributed by atoms with van der Waals surface area (Å²) in [7, 11) is 1.77. The van der Waals surface area contributed by atoms with Gasteiger partial charge in [0, 0.05) is 6.07 Å². The van der Waals surface area contributed by atoms with E-state index in [1.807, 2.05) is 19.9 Å². The van der Waals surface area contributed by atoms with Crippen molar-refractivity contribution < 1.29 is 17.0 Å². The van der Waals surface area contributed by atoms with Crippen LogP contribution in [0.15, 0.2) is 23.5 Å². The maximum Gasteiger partial charge on any atom is 0.498 e. The van der Waals surface area contributed by atoms with E-state index in [-0.39, 0.29) is 18.1 Å². The molecule has 14 heavy (non-hydrogen) atoms. The first-order valence-corrected chi connectivity index (χ1v) is 4.26. The predicted molar refractivity (Wildman–Crippen MR) is 51.5 cm³/mol. The van der Waals surface area contributed by atoms with Crippen LogP contribution in [0.2, 0.25) is 0 Å². The summed E-state index contributed by atoms with van der Waals surface area (Å²) >= 11 is 0. The van der Waals surface area contributed by atoms with E-state index in [1.165, 1.54) is 0 Å². The SMILES string of the molecule is C=CCn1c(C)cc(C)[n+](C)c1=O.[Cl-]. The van der Waals surface area contributed by atoms with E-state index in [4.69, 9.17) is 0 Å². The van der Waals surface area contributed by atoms with E-state index in [2.05, 4.69) is 6.58 Å². The van der Waals surface area contributed by atoms with Gasteiger partial charge in [0.05, 0.1) is 7.05 Å². The number of rotatable bonds is 2. The topological polar surface area (TPSA) is 25.9 Å².